The van der Waals surface area contributed by atoms with Crippen LogP contribution in [0.2, 0.25) is 0 Å². The highest BCUT2D eigenvalue weighted by Crippen LogP contribution is 2.22. The highest BCUT2D eigenvalue weighted by Gasteiger charge is 2.27. The van der Waals surface area contributed by atoms with Crippen LogP contribution in [0.4, 0.5) is 0 Å². The third-order valence-electron chi connectivity index (χ3n) is 6.72. The van der Waals surface area contributed by atoms with Gasteiger partial charge in [0.25, 0.3) is 5.91 Å². The molecule has 2 aliphatic heterocycles. The number of rotatable bonds is 5. The van der Waals surface area contributed by atoms with Crippen LogP contribution in [-0.4, -0.2) is 82.3 Å². The molecule has 170 valence electrons. The number of hydrogen-bond acceptors (Lipinski definition) is 4. The molecule has 2 fully saturated rings. The summed E-state index contributed by atoms with van der Waals surface area (Å²) in [6.07, 6.45) is 9.69. The SMILES string of the molecule is Cc1cccc(C)c1C=CC1CCN(C(=O)CN2CCN(C(=O)c3cnc[nH]3)CC2)CC1. The smallest absolute Gasteiger partial charge is 0.272 e. The maximum atomic E-state index is 12.8. The predicted molar refractivity (Wildman–Crippen MR) is 125 cm³/mol. The number of aromatic nitrogens is 2. The molecule has 7 nitrogen and oxygen atoms in total. The summed E-state index contributed by atoms with van der Waals surface area (Å²) in [7, 11) is 0. The van der Waals surface area contributed by atoms with Crippen molar-refractivity contribution in [3.63, 3.8) is 0 Å². The van der Waals surface area contributed by atoms with Crippen molar-refractivity contribution in [2.75, 3.05) is 45.8 Å². The van der Waals surface area contributed by atoms with Gasteiger partial charge in [0.1, 0.15) is 5.69 Å². The minimum absolute atomic E-state index is 0.0236. The van der Waals surface area contributed by atoms with E-state index in [0.29, 0.717) is 31.2 Å². The van der Waals surface area contributed by atoms with Crippen molar-refractivity contribution >= 4 is 17.9 Å². The molecule has 3 heterocycles. The third kappa shape index (κ3) is 5.27. The van der Waals surface area contributed by atoms with E-state index < -0.39 is 0 Å². The molecule has 0 aliphatic carbocycles. The number of aromatic amines is 1. The minimum Gasteiger partial charge on any atom is -0.342 e. The first-order valence-electron chi connectivity index (χ1n) is 11.5. The number of carbonyl (C=O) groups is 2. The quantitative estimate of drug-likeness (QED) is 0.784. The molecule has 1 aromatic carbocycles. The highest BCUT2D eigenvalue weighted by molar-refractivity contribution is 5.92. The Morgan fingerprint density at radius 1 is 1.03 bits per heavy atom. The number of nitrogens with one attached hydrogen (secondary N) is 1. The van der Waals surface area contributed by atoms with Gasteiger partial charge in [-0.2, -0.15) is 0 Å². The van der Waals surface area contributed by atoms with Gasteiger partial charge in [-0.25, -0.2) is 4.98 Å². The van der Waals surface area contributed by atoms with Crippen molar-refractivity contribution in [1.29, 1.82) is 0 Å². The second-order valence-electron chi connectivity index (χ2n) is 8.92. The first-order chi connectivity index (χ1) is 15.5. The van der Waals surface area contributed by atoms with Crippen LogP contribution < -0.4 is 0 Å². The summed E-state index contributed by atoms with van der Waals surface area (Å²) >= 11 is 0. The molecule has 2 amide bonds. The molecule has 7 heteroatoms. The third-order valence-corrected chi connectivity index (χ3v) is 6.72. The molecule has 2 saturated heterocycles. The summed E-state index contributed by atoms with van der Waals surface area (Å²) < 4.78 is 0. The first-order valence-corrected chi connectivity index (χ1v) is 11.5. The summed E-state index contributed by atoms with van der Waals surface area (Å²) in [4.78, 5) is 38.0. The van der Waals surface area contributed by atoms with Crippen LogP contribution in [-0.2, 0) is 4.79 Å². The fraction of sp³-hybridized carbons (Fsp3) is 0.480. The van der Waals surface area contributed by atoms with E-state index in [9.17, 15) is 9.59 Å². The zero-order chi connectivity index (χ0) is 22.5. The maximum absolute atomic E-state index is 12.8. The number of allylic oxidation sites excluding steroid dienone is 1. The van der Waals surface area contributed by atoms with E-state index in [4.69, 9.17) is 0 Å². The number of nitrogens with zero attached hydrogens (tertiary/aromatic N) is 4. The Bertz CT molecular complexity index is 932. The van der Waals surface area contributed by atoms with Crippen molar-refractivity contribution in [3.8, 4) is 0 Å². The Morgan fingerprint density at radius 2 is 1.72 bits per heavy atom. The second-order valence-corrected chi connectivity index (χ2v) is 8.92. The second kappa shape index (κ2) is 10.1. The van der Waals surface area contributed by atoms with Crippen molar-refractivity contribution < 1.29 is 9.59 Å². The van der Waals surface area contributed by atoms with Crippen LogP contribution in [0, 0.1) is 19.8 Å². The predicted octanol–water partition coefficient (Wildman–Crippen LogP) is 2.74. The number of benzene rings is 1. The van der Waals surface area contributed by atoms with Gasteiger partial charge in [0, 0.05) is 39.3 Å². The molecule has 4 rings (SSSR count). The van der Waals surface area contributed by atoms with Gasteiger partial charge in [-0.3, -0.25) is 14.5 Å². The average Bonchev–Trinajstić information content (AvgIpc) is 3.34. The molecule has 0 saturated carbocycles. The number of amides is 2. The molecule has 2 aromatic rings. The zero-order valence-corrected chi connectivity index (χ0v) is 19.1. The van der Waals surface area contributed by atoms with Crippen molar-refractivity contribution in [2.45, 2.75) is 26.7 Å². The molecule has 2 aliphatic rings. The molecular weight excluding hydrogens is 402 g/mol. The zero-order valence-electron chi connectivity index (χ0n) is 19.1. The van der Waals surface area contributed by atoms with Gasteiger partial charge in [0.05, 0.1) is 19.1 Å². The standard InChI is InChI=1S/C25H33N5O2/c1-19-4-3-5-20(2)22(19)7-6-21-8-10-29(11-9-21)24(31)17-28-12-14-30(15-13-28)25(32)23-16-26-18-27-23/h3-7,16,18,21H,8-15,17H2,1-2H3,(H,26,27). The number of aryl methyl sites for hydroxylation is 2. The van der Waals surface area contributed by atoms with Gasteiger partial charge in [-0.15, -0.1) is 0 Å². The van der Waals surface area contributed by atoms with Crippen molar-refractivity contribution in [3.05, 3.63) is 59.2 Å². The lowest BCUT2D eigenvalue weighted by Gasteiger charge is -2.36. The van der Waals surface area contributed by atoms with Crippen LogP contribution in [0.3, 0.4) is 0 Å². The number of carbonyl (C=O) groups excluding carboxylic acids is 2. The number of piperidine rings is 1. The number of likely N-dealkylation sites (tertiary alicyclic amines) is 1. The van der Waals surface area contributed by atoms with Gasteiger partial charge >= 0.3 is 0 Å². The lowest BCUT2D eigenvalue weighted by atomic mass is 9.94. The van der Waals surface area contributed by atoms with Crippen LogP contribution >= 0.6 is 0 Å². The molecule has 0 atom stereocenters. The first kappa shape index (κ1) is 22.3. The summed E-state index contributed by atoms with van der Waals surface area (Å²) in [5, 5.41) is 0. The van der Waals surface area contributed by atoms with Gasteiger partial charge in [-0.1, -0.05) is 30.4 Å². The number of hydrogen-bond donors (Lipinski definition) is 1. The van der Waals surface area contributed by atoms with Gasteiger partial charge in [0.15, 0.2) is 0 Å². The lowest BCUT2D eigenvalue weighted by molar-refractivity contribution is -0.133. The molecular formula is C25H33N5O2. The average molecular weight is 436 g/mol. The number of H-pyrrole nitrogens is 1. The Balaban J connectivity index is 1.21. The monoisotopic (exact) mass is 435 g/mol. The number of imidazole rings is 1. The van der Waals surface area contributed by atoms with Gasteiger partial charge < -0.3 is 14.8 Å². The van der Waals surface area contributed by atoms with Gasteiger partial charge in [-0.05, 0) is 49.3 Å². The largest absolute Gasteiger partial charge is 0.342 e. The fourth-order valence-electron chi connectivity index (χ4n) is 4.61. The molecule has 0 bridgehead atoms. The van der Waals surface area contributed by atoms with E-state index in [-0.39, 0.29) is 11.8 Å². The molecule has 1 N–H and O–H groups in total. The summed E-state index contributed by atoms with van der Waals surface area (Å²) in [5.41, 5.74) is 4.45. The Hall–Kier alpha value is -2.93. The molecule has 1 aromatic heterocycles. The number of piperazine rings is 1. The summed E-state index contributed by atoms with van der Waals surface area (Å²) in [6, 6.07) is 6.41. The van der Waals surface area contributed by atoms with E-state index in [1.54, 1.807) is 6.20 Å². The van der Waals surface area contributed by atoms with E-state index in [1.807, 2.05) is 9.80 Å². The van der Waals surface area contributed by atoms with Crippen molar-refractivity contribution in [2.24, 2.45) is 5.92 Å². The van der Waals surface area contributed by atoms with Crippen LogP contribution in [0.1, 0.15) is 40.0 Å². The Labute approximate surface area is 190 Å². The normalized spacial score (nSPS) is 18.4. The molecule has 0 spiro atoms. The fourth-order valence-corrected chi connectivity index (χ4v) is 4.61. The van der Waals surface area contributed by atoms with E-state index in [2.05, 4.69) is 59.1 Å². The highest BCUT2D eigenvalue weighted by atomic mass is 16.2. The van der Waals surface area contributed by atoms with Crippen LogP contribution in [0.25, 0.3) is 6.08 Å². The van der Waals surface area contributed by atoms with Crippen LogP contribution in [0.15, 0.2) is 36.8 Å². The summed E-state index contributed by atoms with van der Waals surface area (Å²) in [5.74, 6) is 0.704. The van der Waals surface area contributed by atoms with E-state index in [0.717, 1.165) is 39.0 Å². The van der Waals surface area contributed by atoms with Crippen molar-refractivity contribution in [1.82, 2.24) is 24.7 Å². The topological polar surface area (TPSA) is 72.5 Å². The Morgan fingerprint density at radius 3 is 2.34 bits per heavy atom. The maximum Gasteiger partial charge on any atom is 0.272 e. The molecule has 0 unspecified atom stereocenters. The lowest BCUT2D eigenvalue weighted by Crippen LogP contribution is -2.52. The minimum atomic E-state index is -0.0236. The molecule has 0 radical (unpaired) electrons. The Kier molecular flexibility index (Phi) is 7.05. The van der Waals surface area contributed by atoms with E-state index >= 15 is 0 Å². The van der Waals surface area contributed by atoms with Gasteiger partial charge in [0.2, 0.25) is 5.91 Å². The van der Waals surface area contributed by atoms with Crippen LogP contribution in [0.5, 0.6) is 0 Å². The molecule has 32 heavy (non-hydrogen) atoms. The summed E-state index contributed by atoms with van der Waals surface area (Å²) in [6.45, 7) is 9.10. The van der Waals surface area contributed by atoms with E-state index in [1.165, 1.54) is 23.0 Å².